The first kappa shape index (κ1) is 13.8. The molecule has 5 nitrogen and oxygen atoms in total. The molecule has 102 valence electrons. The third-order valence-corrected chi connectivity index (χ3v) is 3.70. The van der Waals surface area contributed by atoms with E-state index in [-0.39, 0.29) is 11.5 Å². The first-order valence-corrected chi connectivity index (χ1v) is 6.52. The third kappa shape index (κ3) is 2.56. The summed E-state index contributed by atoms with van der Waals surface area (Å²) in [5, 5.41) is 12.5. The van der Waals surface area contributed by atoms with Gasteiger partial charge in [0.1, 0.15) is 0 Å². The monoisotopic (exact) mass is 279 g/mol. The highest BCUT2D eigenvalue weighted by Crippen LogP contribution is 2.36. The summed E-state index contributed by atoms with van der Waals surface area (Å²) in [6.07, 6.45) is 0. The highest BCUT2D eigenvalue weighted by molar-refractivity contribution is 6.33. The van der Waals surface area contributed by atoms with E-state index in [0.717, 1.165) is 0 Å². The van der Waals surface area contributed by atoms with E-state index in [9.17, 15) is 0 Å². The molecule has 2 rings (SSSR count). The van der Waals surface area contributed by atoms with E-state index in [2.05, 4.69) is 43.2 Å². The molecule has 2 N–H and O–H groups in total. The second-order valence-electron chi connectivity index (χ2n) is 5.69. The summed E-state index contributed by atoms with van der Waals surface area (Å²) >= 11 is 6.22. The number of hydrogen-bond donors (Lipinski definition) is 1. The van der Waals surface area contributed by atoms with Crippen LogP contribution in [0.4, 0.5) is 5.69 Å². The Balaban J connectivity index is 2.57. The number of hydrogen-bond acceptors (Lipinski definition) is 4. The number of rotatable bonds is 2. The average molecular weight is 280 g/mol. The molecular weight excluding hydrogens is 262 g/mol. The molecule has 0 fully saturated rings. The standard InChI is InChI=1S/C13H18ClN5/c1-8(13(2,3)4)19-12(16-17-18-19)11-9(14)6-5-7-10(11)15/h5-8H,15H2,1-4H3. The lowest BCUT2D eigenvalue weighted by Crippen LogP contribution is -2.23. The van der Waals surface area contributed by atoms with Crippen LogP contribution in [0.3, 0.4) is 0 Å². The van der Waals surface area contributed by atoms with Gasteiger partial charge < -0.3 is 5.73 Å². The Bertz CT molecular complexity index is 565. The molecule has 0 aliphatic heterocycles. The average Bonchev–Trinajstić information content (AvgIpc) is 2.75. The van der Waals surface area contributed by atoms with Gasteiger partial charge in [0.25, 0.3) is 0 Å². The van der Waals surface area contributed by atoms with Gasteiger partial charge in [0.2, 0.25) is 0 Å². The van der Waals surface area contributed by atoms with Gasteiger partial charge in [-0.25, -0.2) is 4.68 Å². The van der Waals surface area contributed by atoms with E-state index >= 15 is 0 Å². The van der Waals surface area contributed by atoms with Gasteiger partial charge in [0.15, 0.2) is 5.82 Å². The molecule has 6 heteroatoms. The molecule has 2 aromatic rings. The summed E-state index contributed by atoms with van der Waals surface area (Å²) in [6.45, 7) is 8.49. The van der Waals surface area contributed by atoms with Crippen LogP contribution < -0.4 is 5.73 Å². The Morgan fingerprint density at radius 2 is 2.00 bits per heavy atom. The second-order valence-corrected chi connectivity index (χ2v) is 6.10. The number of benzene rings is 1. The fourth-order valence-corrected chi connectivity index (χ4v) is 2.03. The predicted octanol–water partition coefficient (Wildman–Crippen LogP) is 3.18. The maximum atomic E-state index is 6.22. The fourth-order valence-electron chi connectivity index (χ4n) is 1.76. The minimum Gasteiger partial charge on any atom is -0.398 e. The van der Waals surface area contributed by atoms with Gasteiger partial charge in [-0.3, -0.25) is 0 Å². The lowest BCUT2D eigenvalue weighted by Gasteiger charge is -2.27. The van der Waals surface area contributed by atoms with Gasteiger partial charge in [-0.05, 0) is 34.9 Å². The number of nitrogen functional groups attached to an aromatic ring is 1. The maximum absolute atomic E-state index is 6.22. The molecule has 1 aromatic carbocycles. The summed E-state index contributed by atoms with van der Waals surface area (Å²) in [5.74, 6) is 0.602. The Labute approximate surface area is 117 Å². The van der Waals surface area contributed by atoms with Crippen LogP contribution in [0.25, 0.3) is 11.4 Å². The highest BCUT2D eigenvalue weighted by atomic mass is 35.5. The number of aromatic nitrogens is 4. The number of nitrogens with two attached hydrogens (primary N) is 1. The number of nitrogens with zero attached hydrogens (tertiary/aromatic N) is 4. The van der Waals surface area contributed by atoms with E-state index in [4.69, 9.17) is 17.3 Å². The maximum Gasteiger partial charge on any atom is 0.185 e. The van der Waals surface area contributed by atoms with Crippen molar-refractivity contribution in [1.29, 1.82) is 0 Å². The van der Waals surface area contributed by atoms with Crippen LogP contribution in [-0.2, 0) is 0 Å². The van der Waals surface area contributed by atoms with Crippen molar-refractivity contribution in [3.8, 4) is 11.4 Å². The van der Waals surface area contributed by atoms with Crippen molar-refractivity contribution >= 4 is 17.3 Å². The lowest BCUT2D eigenvalue weighted by molar-refractivity contribution is 0.243. The molecule has 19 heavy (non-hydrogen) atoms. The number of tetrazole rings is 1. The van der Waals surface area contributed by atoms with Gasteiger partial charge in [0.05, 0.1) is 16.6 Å². The van der Waals surface area contributed by atoms with Crippen molar-refractivity contribution in [3.05, 3.63) is 23.2 Å². The van der Waals surface area contributed by atoms with Gasteiger partial charge in [-0.15, -0.1) is 5.10 Å². The first-order valence-electron chi connectivity index (χ1n) is 6.14. The predicted molar refractivity (Wildman–Crippen MR) is 76.8 cm³/mol. The Kier molecular flexibility index (Phi) is 3.49. The van der Waals surface area contributed by atoms with Crippen LogP contribution in [0, 0.1) is 5.41 Å². The molecule has 0 amide bonds. The van der Waals surface area contributed by atoms with Crippen molar-refractivity contribution < 1.29 is 0 Å². The molecule has 0 spiro atoms. The van der Waals surface area contributed by atoms with Gasteiger partial charge in [0, 0.05) is 5.69 Å². The third-order valence-electron chi connectivity index (χ3n) is 3.38. The second kappa shape index (κ2) is 4.81. The molecule has 0 aliphatic carbocycles. The summed E-state index contributed by atoms with van der Waals surface area (Å²) in [7, 11) is 0. The molecule has 0 saturated carbocycles. The molecule has 1 atom stereocenters. The smallest absolute Gasteiger partial charge is 0.185 e. The minimum absolute atomic E-state index is 0.0279. The highest BCUT2D eigenvalue weighted by Gasteiger charge is 2.27. The topological polar surface area (TPSA) is 69.6 Å². The van der Waals surface area contributed by atoms with Crippen molar-refractivity contribution in [2.24, 2.45) is 5.41 Å². The van der Waals surface area contributed by atoms with Crippen LogP contribution in [-0.4, -0.2) is 20.2 Å². The van der Waals surface area contributed by atoms with E-state index in [1.807, 2.05) is 6.07 Å². The van der Waals surface area contributed by atoms with E-state index in [1.165, 1.54) is 0 Å². The molecular formula is C13H18ClN5. The molecule has 0 aliphatic rings. The zero-order chi connectivity index (χ0) is 14.2. The van der Waals surface area contributed by atoms with Crippen molar-refractivity contribution in [1.82, 2.24) is 20.2 Å². The van der Waals surface area contributed by atoms with Crippen molar-refractivity contribution in [2.75, 3.05) is 5.73 Å². The summed E-state index contributed by atoms with van der Waals surface area (Å²) in [5.41, 5.74) is 7.28. The minimum atomic E-state index is 0.0279. The van der Waals surface area contributed by atoms with Crippen molar-refractivity contribution in [3.63, 3.8) is 0 Å². The summed E-state index contributed by atoms with van der Waals surface area (Å²) < 4.78 is 1.78. The zero-order valence-electron chi connectivity index (χ0n) is 11.6. The molecule has 0 saturated heterocycles. The summed E-state index contributed by atoms with van der Waals surface area (Å²) in [6, 6.07) is 5.51. The van der Waals surface area contributed by atoms with Crippen LogP contribution >= 0.6 is 11.6 Å². The zero-order valence-corrected chi connectivity index (χ0v) is 12.3. The fraction of sp³-hybridized carbons (Fsp3) is 0.462. The quantitative estimate of drug-likeness (QED) is 0.857. The van der Waals surface area contributed by atoms with E-state index in [1.54, 1.807) is 16.8 Å². The first-order chi connectivity index (χ1) is 8.82. The normalized spacial score (nSPS) is 13.5. The van der Waals surface area contributed by atoms with Crippen LogP contribution in [0.5, 0.6) is 0 Å². The van der Waals surface area contributed by atoms with E-state index < -0.39 is 0 Å². The van der Waals surface area contributed by atoms with Gasteiger partial charge in [-0.2, -0.15) is 0 Å². The number of halogens is 1. The largest absolute Gasteiger partial charge is 0.398 e. The molecule has 0 bridgehead atoms. The van der Waals surface area contributed by atoms with Gasteiger partial charge in [-0.1, -0.05) is 38.4 Å². The SMILES string of the molecule is CC(n1nnnc1-c1c(N)cccc1Cl)C(C)(C)C. The molecule has 1 unspecified atom stereocenters. The lowest BCUT2D eigenvalue weighted by atomic mass is 9.88. The summed E-state index contributed by atoms with van der Waals surface area (Å²) in [4.78, 5) is 0. The molecule has 1 aromatic heterocycles. The Morgan fingerprint density at radius 3 is 2.58 bits per heavy atom. The van der Waals surface area contributed by atoms with Crippen LogP contribution in [0.2, 0.25) is 5.02 Å². The van der Waals surface area contributed by atoms with E-state index in [0.29, 0.717) is 22.1 Å². The van der Waals surface area contributed by atoms with Crippen LogP contribution in [0.15, 0.2) is 18.2 Å². The number of anilines is 1. The molecule has 1 heterocycles. The Morgan fingerprint density at radius 1 is 1.32 bits per heavy atom. The Hall–Kier alpha value is -1.62. The molecule has 0 radical (unpaired) electrons. The van der Waals surface area contributed by atoms with Crippen molar-refractivity contribution in [2.45, 2.75) is 33.7 Å². The van der Waals surface area contributed by atoms with Crippen LogP contribution in [0.1, 0.15) is 33.7 Å². The van der Waals surface area contributed by atoms with Gasteiger partial charge >= 0.3 is 0 Å².